The lowest BCUT2D eigenvalue weighted by Crippen LogP contribution is -2.47. The SMILES string of the molecule is NCC1(C2CC3CCC2O3)CCC1. The second-order valence-electron chi connectivity index (χ2n) is 5.14. The summed E-state index contributed by atoms with van der Waals surface area (Å²) in [7, 11) is 0. The molecule has 2 bridgehead atoms. The number of hydrogen-bond donors (Lipinski definition) is 1. The van der Waals surface area contributed by atoms with Crippen molar-refractivity contribution in [3.63, 3.8) is 0 Å². The van der Waals surface area contributed by atoms with Crippen LogP contribution in [0.2, 0.25) is 0 Å². The van der Waals surface area contributed by atoms with Crippen molar-refractivity contribution in [3.8, 4) is 0 Å². The standard InChI is InChI=1S/C11H19NO/c12-7-11(4-1-5-11)9-6-8-2-3-10(9)13-8/h8-10H,1-7,12H2. The van der Waals surface area contributed by atoms with Crippen molar-refractivity contribution in [2.75, 3.05) is 6.54 Å². The van der Waals surface area contributed by atoms with E-state index in [0.717, 1.165) is 12.5 Å². The van der Waals surface area contributed by atoms with Crippen LogP contribution in [0.4, 0.5) is 0 Å². The summed E-state index contributed by atoms with van der Waals surface area (Å²) in [6, 6.07) is 0. The summed E-state index contributed by atoms with van der Waals surface area (Å²) in [5.74, 6) is 0.810. The van der Waals surface area contributed by atoms with Crippen LogP contribution in [-0.4, -0.2) is 18.8 Å². The zero-order valence-corrected chi connectivity index (χ0v) is 8.17. The Labute approximate surface area is 79.8 Å². The first-order chi connectivity index (χ1) is 6.34. The maximum Gasteiger partial charge on any atom is 0.0614 e. The Bertz CT molecular complexity index is 207. The molecule has 2 heteroatoms. The lowest BCUT2D eigenvalue weighted by Gasteiger charge is -2.48. The maximum absolute atomic E-state index is 5.92. The van der Waals surface area contributed by atoms with E-state index >= 15 is 0 Å². The lowest BCUT2D eigenvalue weighted by molar-refractivity contribution is 0.00630. The molecule has 3 aliphatic rings. The Morgan fingerprint density at radius 3 is 2.54 bits per heavy atom. The molecule has 3 rings (SSSR count). The van der Waals surface area contributed by atoms with E-state index in [1.54, 1.807) is 0 Å². The van der Waals surface area contributed by atoms with Crippen LogP contribution >= 0.6 is 0 Å². The first-order valence-corrected chi connectivity index (χ1v) is 5.70. The van der Waals surface area contributed by atoms with E-state index in [1.807, 2.05) is 0 Å². The van der Waals surface area contributed by atoms with Crippen LogP contribution in [0.5, 0.6) is 0 Å². The third-order valence-corrected chi connectivity index (χ3v) is 4.65. The van der Waals surface area contributed by atoms with E-state index in [0.29, 0.717) is 17.6 Å². The second-order valence-corrected chi connectivity index (χ2v) is 5.14. The minimum Gasteiger partial charge on any atom is -0.375 e. The number of rotatable bonds is 2. The van der Waals surface area contributed by atoms with Gasteiger partial charge >= 0.3 is 0 Å². The van der Waals surface area contributed by atoms with Gasteiger partial charge in [0.15, 0.2) is 0 Å². The fourth-order valence-corrected chi connectivity index (χ4v) is 3.64. The molecule has 0 aromatic carbocycles. The average Bonchev–Trinajstić information content (AvgIpc) is 2.64. The Morgan fingerprint density at radius 2 is 2.15 bits per heavy atom. The minimum absolute atomic E-state index is 0.500. The van der Waals surface area contributed by atoms with E-state index in [2.05, 4.69) is 0 Å². The second kappa shape index (κ2) is 2.71. The average molecular weight is 181 g/mol. The van der Waals surface area contributed by atoms with Gasteiger partial charge < -0.3 is 10.5 Å². The Morgan fingerprint density at radius 1 is 1.31 bits per heavy atom. The fraction of sp³-hybridized carbons (Fsp3) is 1.00. The molecule has 74 valence electrons. The number of fused-ring (bicyclic) bond motifs is 2. The van der Waals surface area contributed by atoms with Gasteiger partial charge in [-0.25, -0.2) is 0 Å². The van der Waals surface area contributed by atoms with E-state index in [4.69, 9.17) is 10.5 Å². The van der Waals surface area contributed by atoms with Gasteiger partial charge in [0.05, 0.1) is 12.2 Å². The molecular formula is C11H19NO. The molecule has 1 saturated carbocycles. The lowest BCUT2D eigenvalue weighted by atomic mass is 9.57. The number of hydrogen-bond acceptors (Lipinski definition) is 2. The molecule has 2 N–H and O–H groups in total. The van der Waals surface area contributed by atoms with Gasteiger partial charge in [-0.2, -0.15) is 0 Å². The van der Waals surface area contributed by atoms with E-state index in [-0.39, 0.29) is 0 Å². The molecule has 3 atom stereocenters. The molecule has 0 amide bonds. The Balaban J connectivity index is 1.78. The number of ether oxygens (including phenoxy) is 1. The van der Waals surface area contributed by atoms with Crippen molar-refractivity contribution >= 4 is 0 Å². The largest absolute Gasteiger partial charge is 0.375 e. The molecule has 2 heterocycles. The molecule has 2 nitrogen and oxygen atoms in total. The van der Waals surface area contributed by atoms with Crippen LogP contribution in [0.3, 0.4) is 0 Å². The van der Waals surface area contributed by atoms with Crippen molar-refractivity contribution in [1.29, 1.82) is 0 Å². The smallest absolute Gasteiger partial charge is 0.0614 e. The van der Waals surface area contributed by atoms with Gasteiger partial charge in [0.25, 0.3) is 0 Å². The van der Waals surface area contributed by atoms with E-state index in [1.165, 1.54) is 38.5 Å². The van der Waals surface area contributed by atoms with Crippen LogP contribution in [0.1, 0.15) is 38.5 Å². The highest BCUT2D eigenvalue weighted by atomic mass is 16.5. The summed E-state index contributed by atoms with van der Waals surface area (Å²) in [6.07, 6.45) is 9.21. The summed E-state index contributed by atoms with van der Waals surface area (Å²) in [6.45, 7) is 0.893. The molecule has 0 spiro atoms. The van der Waals surface area contributed by atoms with Gasteiger partial charge in [-0.05, 0) is 50.0 Å². The predicted octanol–water partition coefficient (Wildman–Crippen LogP) is 1.68. The van der Waals surface area contributed by atoms with Gasteiger partial charge in [0.1, 0.15) is 0 Å². The normalized spacial score (nSPS) is 46.4. The summed E-state index contributed by atoms with van der Waals surface area (Å²) in [5, 5.41) is 0. The molecule has 3 fully saturated rings. The van der Waals surface area contributed by atoms with E-state index in [9.17, 15) is 0 Å². The molecule has 2 aliphatic heterocycles. The Kier molecular flexibility index (Phi) is 1.72. The summed E-state index contributed by atoms with van der Waals surface area (Å²) in [4.78, 5) is 0. The third-order valence-electron chi connectivity index (χ3n) is 4.65. The molecule has 1 aliphatic carbocycles. The first kappa shape index (κ1) is 8.25. The topological polar surface area (TPSA) is 35.2 Å². The van der Waals surface area contributed by atoms with Crippen molar-refractivity contribution in [2.45, 2.75) is 50.7 Å². The quantitative estimate of drug-likeness (QED) is 0.703. The fourth-order valence-electron chi connectivity index (χ4n) is 3.64. The van der Waals surface area contributed by atoms with Crippen molar-refractivity contribution in [2.24, 2.45) is 17.1 Å². The highest BCUT2D eigenvalue weighted by Crippen LogP contribution is 2.55. The third kappa shape index (κ3) is 1.02. The first-order valence-electron chi connectivity index (χ1n) is 5.70. The van der Waals surface area contributed by atoms with Gasteiger partial charge in [-0.1, -0.05) is 6.42 Å². The predicted molar refractivity (Wildman–Crippen MR) is 51.3 cm³/mol. The summed E-state index contributed by atoms with van der Waals surface area (Å²) >= 11 is 0. The maximum atomic E-state index is 5.92. The molecule has 0 aromatic rings. The molecule has 0 radical (unpaired) electrons. The summed E-state index contributed by atoms with van der Waals surface area (Å²) in [5.41, 5.74) is 6.42. The highest BCUT2D eigenvalue weighted by Gasteiger charge is 2.53. The zero-order chi connectivity index (χ0) is 8.89. The van der Waals surface area contributed by atoms with Gasteiger partial charge in [-0.15, -0.1) is 0 Å². The van der Waals surface area contributed by atoms with Crippen molar-refractivity contribution in [3.05, 3.63) is 0 Å². The Hall–Kier alpha value is -0.0800. The minimum atomic E-state index is 0.500. The van der Waals surface area contributed by atoms with Crippen molar-refractivity contribution < 1.29 is 4.74 Å². The molecule has 2 saturated heterocycles. The van der Waals surface area contributed by atoms with Crippen molar-refractivity contribution in [1.82, 2.24) is 0 Å². The van der Waals surface area contributed by atoms with Crippen LogP contribution in [0.15, 0.2) is 0 Å². The van der Waals surface area contributed by atoms with Gasteiger partial charge in [0, 0.05) is 0 Å². The van der Waals surface area contributed by atoms with Crippen LogP contribution in [0.25, 0.3) is 0 Å². The van der Waals surface area contributed by atoms with Gasteiger partial charge in [-0.3, -0.25) is 0 Å². The highest BCUT2D eigenvalue weighted by molar-refractivity contribution is 5.03. The van der Waals surface area contributed by atoms with Crippen LogP contribution in [0, 0.1) is 11.3 Å². The van der Waals surface area contributed by atoms with Crippen LogP contribution in [-0.2, 0) is 4.74 Å². The summed E-state index contributed by atoms with van der Waals surface area (Å²) < 4.78 is 5.91. The van der Waals surface area contributed by atoms with Crippen LogP contribution < -0.4 is 5.73 Å². The van der Waals surface area contributed by atoms with Gasteiger partial charge in [0.2, 0.25) is 0 Å². The molecule has 3 unspecified atom stereocenters. The monoisotopic (exact) mass is 181 g/mol. The number of nitrogens with two attached hydrogens (primary N) is 1. The molecule has 0 aromatic heterocycles. The van der Waals surface area contributed by atoms with E-state index < -0.39 is 0 Å². The zero-order valence-electron chi connectivity index (χ0n) is 8.17. The molecule has 13 heavy (non-hydrogen) atoms. The molecular weight excluding hydrogens is 162 g/mol.